The molecule has 5 N–H and O–H groups in total. The van der Waals surface area contributed by atoms with Crippen LogP contribution in [0.4, 0.5) is 4.39 Å². The third-order valence-electron chi connectivity index (χ3n) is 2.92. The Bertz CT molecular complexity index is 341. The Balaban J connectivity index is 2.89. The fourth-order valence-corrected chi connectivity index (χ4v) is 2.70. The maximum absolute atomic E-state index is 14.1. The average Bonchev–Trinajstić information content (AvgIpc) is 2.29. The first-order valence-corrected chi connectivity index (χ1v) is 6.78. The van der Waals surface area contributed by atoms with Crippen molar-refractivity contribution in [3.05, 3.63) is 24.0 Å². The summed E-state index contributed by atoms with van der Waals surface area (Å²) in [5.74, 6) is 5.20. The summed E-state index contributed by atoms with van der Waals surface area (Å²) in [7, 11) is 0. The highest BCUT2D eigenvalue weighted by Crippen LogP contribution is 2.34. The van der Waals surface area contributed by atoms with Crippen molar-refractivity contribution in [3.8, 4) is 0 Å². The number of aliphatic hydroxyl groups is 1. The minimum Gasteiger partial charge on any atom is -0.389 e. The summed E-state index contributed by atoms with van der Waals surface area (Å²) >= 11 is 3.33. The molecule has 0 saturated heterocycles. The molecular weight excluding hydrogens is 301 g/mol. The third kappa shape index (κ3) is 3.70. The molecule has 3 atom stereocenters. The van der Waals surface area contributed by atoms with E-state index in [0.717, 1.165) is 5.70 Å². The van der Waals surface area contributed by atoms with Crippen LogP contribution in [0.5, 0.6) is 0 Å². The van der Waals surface area contributed by atoms with Gasteiger partial charge >= 0.3 is 0 Å². The van der Waals surface area contributed by atoms with Crippen LogP contribution in [0.1, 0.15) is 20.3 Å². The van der Waals surface area contributed by atoms with Gasteiger partial charge in [-0.05, 0) is 20.3 Å². The molecule has 0 heterocycles. The van der Waals surface area contributed by atoms with Gasteiger partial charge in [0.1, 0.15) is 6.17 Å². The smallest absolute Gasteiger partial charge is 0.125 e. The molecule has 0 saturated carbocycles. The Labute approximate surface area is 116 Å². The van der Waals surface area contributed by atoms with Crippen LogP contribution in [-0.4, -0.2) is 28.3 Å². The molecule has 0 aromatic rings. The van der Waals surface area contributed by atoms with Crippen LogP contribution >= 0.6 is 15.9 Å². The molecule has 0 amide bonds. The van der Waals surface area contributed by atoms with Gasteiger partial charge in [0.25, 0.3) is 0 Å². The largest absolute Gasteiger partial charge is 0.389 e. The molecule has 0 bridgehead atoms. The first kappa shape index (κ1) is 15.5. The van der Waals surface area contributed by atoms with Gasteiger partial charge in [0, 0.05) is 23.9 Å². The summed E-state index contributed by atoms with van der Waals surface area (Å²) in [6.45, 7) is 7.32. The number of alkyl halides is 2. The van der Waals surface area contributed by atoms with E-state index < -0.39 is 16.6 Å². The van der Waals surface area contributed by atoms with Gasteiger partial charge in [0.2, 0.25) is 0 Å². The van der Waals surface area contributed by atoms with Crippen LogP contribution in [-0.2, 0) is 0 Å². The topological polar surface area (TPSA) is 70.3 Å². The molecule has 0 aromatic heterocycles. The van der Waals surface area contributed by atoms with Gasteiger partial charge < -0.3 is 15.8 Å². The summed E-state index contributed by atoms with van der Waals surface area (Å²) in [6.07, 6.45) is 1.00. The minimum absolute atomic E-state index is 0.270. The van der Waals surface area contributed by atoms with E-state index in [1.807, 2.05) is 0 Å². The number of nitrogens with two attached hydrogens (primary N) is 1. The Morgan fingerprint density at radius 3 is 2.72 bits per heavy atom. The van der Waals surface area contributed by atoms with E-state index in [2.05, 4.69) is 33.3 Å². The lowest BCUT2D eigenvalue weighted by atomic mass is 9.88. The molecule has 4 nitrogen and oxygen atoms in total. The maximum Gasteiger partial charge on any atom is 0.125 e. The SMILES string of the molecule is C=CC1CC(NN)=C(NCC(C)(C)O)C(Br)C1F. The second kappa shape index (κ2) is 6.04. The monoisotopic (exact) mass is 321 g/mol. The van der Waals surface area contributed by atoms with Crippen molar-refractivity contribution in [3.63, 3.8) is 0 Å². The fourth-order valence-electron chi connectivity index (χ4n) is 1.87. The van der Waals surface area contributed by atoms with E-state index in [1.54, 1.807) is 19.9 Å². The highest BCUT2D eigenvalue weighted by atomic mass is 79.9. The van der Waals surface area contributed by atoms with Crippen LogP contribution in [0.2, 0.25) is 0 Å². The molecule has 18 heavy (non-hydrogen) atoms. The second-order valence-corrected chi connectivity index (χ2v) is 6.14. The van der Waals surface area contributed by atoms with Crippen LogP contribution in [0.15, 0.2) is 24.0 Å². The van der Waals surface area contributed by atoms with Crippen molar-refractivity contribution in [2.45, 2.75) is 36.9 Å². The lowest BCUT2D eigenvalue weighted by molar-refractivity contribution is 0.0813. The second-order valence-electron chi connectivity index (χ2n) is 5.15. The van der Waals surface area contributed by atoms with Gasteiger partial charge in [0.05, 0.1) is 10.4 Å². The van der Waals surface area contributed by atoms with Gasteiger partial charge in [-0.2, -0.15) is 0 Å². The van der Waals surface area contributed by atoms with E-state index in [1.165, 1.54) is 0 Å². The van der Waals surface area contributed by atoms with Gasteiger partial charge in [-0.25, -0.2) is 4.39 Å². The lowest BCUT2D eigenvalue weighted by Gasteiger charge is -2.34. The average molecular weight is 322 g/mol. The highest BCUT2D eigenvalue weighted by Gasteiger charge is 2.36. The first-order chi connectivity index (χ1) is 8.30. The van der Waals surface area contributed by atoms with Crippen molar-refractivity contribution in [2.75, 3.05) is 6.54 Å². The van der Waals surface area contributed by atoms with Crippen molar-refractivity contribution < 1.29 is 9.50 Å². The van der Waals surface area contributed by atoms with Gasteiger partial charge in [0.15, 0.2) is 0 Å². The van der Waals surface area contributed by atoms with E-state index in [0.29, 0.717) is 18.7 Å². The molecule has 0 radical (unpaired) electrons. The molecule has 0 spiro atoms. The number of nitrogens with one attached hydrogen (secondary N) is 2. The number of hydrogen-bond donors (Lipinski definition) is 4. The number of hydrazine groups is 1. The Hall–Kier alpha value is -0.590. The normalized spacial score (nSPS) is 29.1. The predicted molar refractivity (Wildman–Crippen MR) is 74.6 cm³/mol. The summed E-state index contributed by atoms with van der Waals surface area (Å²) in [4.78, 5) is -0.484. The van der Waals surface area contributed by atoms with E-state index in [9.17, 15) is 9.50 Å². The summed E-state index contributed by atoms with van der Waals surface area (Å²) < 4.78 is 14.1. The first-order valence-electron chi connectivity index (χ1n) is 5.86. The number of halogens is 2. The van der Waals surface area contributed by atoms with Crippen molar-refractivity contribution >= 4 is 15.9 Å². The van der Waals surface area contributed by atoms with Crippen molar-refractivity contribution in [2.24, 2.45) is 11.8 Å². The quantitative estimate of drug-likeness (QED) is 0.267. The summed E-state index contributed by atoms with van der Waals surface area (Å²) in [5, 5.41) is 12.7. The molecule has 1 aliphatic rings. The number of allylic oxidation sites excluding steroid dienone is 3. The molecule has 0 aliphatic heterocycles. The maximum atomic E-state index is 14.1. The van der Waals surface area contributed by atoms with Crippen LogP contribution < -0.4 is 16.6 Å². The van der Waals surface area contributed by atoms with Crippen LogP contribution in [0.3, 0.4) is 0 Å². The Kier molecular flexibility index (Phi) is 5.19. The summed E-state index contributed by atoms with van der Waals surface area (Å²) in [5.41, 5.74) is 3.12. The van der Waals surface area contributed by atoms with Gasteiger partial charge in [-0.1, -0.05) is 22.0 Å². The van der Waals surface area contributed by atoms with Crippen molar-refractivity contribution in [1.29, 1.82) is 0 Å². The van der Waals surface area contributed by atoms with E-state index in [-0.39, 0.29) is 5.92 Å². The zero-order valence-corrected chi connectivity index (χ0v) is 12.3. The molecule has 0 fully saturated rings. The fraction of sp³-hybridized carbons (Fsp3) is 0.667. The number of rotatable bonds is 5. The molecule has 6 heteroatoms. The number of hydrogen-bond acceptors (Lipinski definition) is 4. The van der Waals surface area contributed by atoms with Gasteiger partial charge in [-0.3, -0.25) is 5.84 Å². The standard InChI is InChI=1S/C12H21BrFN3O/c1-4-7-5-8(17-15)11(9(13)10(7)14)16-6-12(2,3)18/h4,7,9-10,16-18H,1,5-6,15H2,2-3H3. The van der Waals surface area contributed by atoms with Crippen LogP contribution in [0, 0.1) is 5.92 Å². The zero-order chi connectivity index (χ0) is 13.9. The molecule has 104 valence electrons. The van der Waals surface area contributed by atoms with E-state index in [4.69, 9.17) is 5.84 Å². The molecule has 1 rings (SSSR count). The minimum atomic E-state index is -1.07. The van der Waals surface area contributed by atoms with Gasteiger partial charge in [-0.15, -0.1) is 6.58 Å². The molecule has 0 aromatic carbocycles. The molecular formula is C12H21BrFN3O. The van der Waals surface area contributed by atoms with Crippen molar-refractivity contribution in [1.82, 2.24) is 10.7 Å². The lowest BCUT2D eigenvalue weighted by Crippen LogP contribution is -2.45. The summed E-state index contributed by atoms with van der Waals surface area (Å²) in [6, 6.07) is 0. The highest BCUT2D eigenvalue weighted by molar-refractivity contribution is 9.09. The predicted octanol–water partition coefficient (Wildman–Crippen LogP) is 1.33. The zero-order valence-electron chi connectivity index (χ0n) is 10.7. The van der Waals surface area contributed by atoms with E-state index >= 15 is 0 Å². The Morgan fingerprint density at radius 1 is 1.67 bits per heavy atom. The van der Waals surface area contributed by atoms with Crippen LogP contribution in [0.25, 0.3) is 0 Å². The molecule has 3 unspecified atom stereocenters. The molecule has 1 aliphatic carbocycles. The third-order valence-corrected chi connectivity index (χ3v) is 3.88. The Morgan fingerprint density at radius 2 is 2.28 bits per heavy atom.